The van der Waals surface area contributed by atoms with Crippen molar-refractivity contribution >= 4 is 11.3 Å². The highest BCUT2D eigenvalue weighted by molar-refractivity contribution is 7.09. The van der Waals surface area contributed by atoms with Crippen LogP contribution in [0.25, 0.3) is 0 Å². The number of nitrogens with two attached hydrogens (primary N) is 1. The molecule has 0 amide bonds. The molecule has 1 unspecified atom stereocenters. The number of nitrogens with zero attached hydrogens (tertiary/aromatic N) is 1. The molecule has 4 heteroatoms. The highest BCUT2D eigenvalue weighted by atomic mass is 32.1. The summed E-state index contributed by atoms with van der Waals surface area (Å²) < 4.78 is 5.49. The van der Waals surface area contributed by atoms with Gasteiger partial charge in [0, 0.05) is 35.8 Å². The molecular formula is C13H22N2OS. The Morgan fingerprint density at radius 2 is 2.29 bits per heavy atom. The fraction of sp³-hybridized carbons (Fsp3) is 0.769. The average molecular weight is 254 g/mol. The van der Waals surface area contributed by atoms with E-state index in [1.165, 1.54) is 10.7 Å². The number of hydrogen-bond acceptors (Lipinski definition) is 4. The Balaban J connectivity index is 2.11. The van der Waals surface area contributed by atoms with Crippen LogP contribution < -0.4 is 5.73 Å². The van der Waals surface area contributed by atoms with Crippen LogP contribution in [0.5, 0.6) is 0 Å². The van der Waals surface area contributed by atoms with Crippen LogP contribution in [0.15, 0.2) is 5.38 Å². The second-order valence-electron chi connectivity index (χ2n) is 6.06. The lowest BCUT2D eigenvalue weighted by atomic mass is 9.84. The standard InChI is InChI=1S/C13H22N2OS/c1-12(2,3)10-7-17-11(15-10)6-13(8-14)4-5-16-9-13/h7H,4-6,8-9,14H2,1-3H3. The third-order valence-corrected chi connectivity index (χ3v) is 4.31. The molecule has 1 saturated heterocycles. The predicted octanol–water partition coefficient (Wildman–Crippen LogP) is 2.35. The summed E-state index contributed by atoms with van der Waals surface area (Å²) in [4.78, 5) is 4.75. The molecule has 0 aromatic carbocycles. The Morgan fingerprint density at radius 3 is 2.76 bits per heavy atom. The molecule has 1 aliphatic rings. The molecule has 0 saturated carbocycles. The van der Waals surface area contributed by atoms with E-state index in [-0.39, 0.29) is 10.8 Å². The Hall–Kier alpha value is -0.450. The molecule has 2 rings (SSSR count). The second kappa shape index (κ2) is 4.67. The van der Waals surface area contributed by atoms with Crippen LogP contribution in [0, 0.1) is 5.41 Å². The first kappa shape index (κ1) is 13.0. The Bertz CT molecular complexity index is 375. The van der Waals surface area contributed by atoms with Crippen molar-refractivity contribution in [3.05, 3.63) is 16.1 Å². The van der Waals surface area contributed by atoms with Crippen molar-refractivity contribution in [2.45, 2.75) is 39.0 Å². The van der Waals surface area contributed by atoms with Crippen LogP contribution in [0.4, 0.5) is 0 Å². The lowest BCUT2D eigenvalue weighted by Crippen LogP contribution is -2.33. The summed E-state index contributed by atoms with van der Waals surface area (Å²) >= 11 is 1.75. The molecule has 0 aliphatic carbocycles. The maximum absolute atomic E-state index is 5.91. The molecule has 0 spiro atoms. The van der Waals surface area contributed by atoms with E-state index < -0.39 is 0 Å². The summed E-state index contributed by atoms with van der Waals surface area (Å²) in [6.07, 6.45) is 2.03. The van der Waals surface area contributed by atoms with Gasteiger partial charge in [0.2, 0.25) is 0 Å². The summed E-state index contributed by atoms with van der Waals surface area (Å²) in [5, 5.41) is 3.38. The number of rotatable bonds is 3. The van der Waals surface area contributed by atoms with E-state index in [0.717, 1.165) is 26.1 Å². The lowest BCUT2D eigenvalue weighted by Gasteiger charge is -2.24. The van der Waals surface area contributed by atoms with Crippen molar-refractivity contribution in [3.8, 4) is 0 Å². The van der Waals surface area contributed by atoms with Gasteiger partial charge >= 0.3 is 0 Å². The van der Waals surface area contributed by atoms with Crippen molar-refractivity contribution in [2.24, 2.45) is 11.1 Å². The minimum atomic E-state index is 0.132. The van der Waals surface area contributed by atoms with Gasteiger partial charge in [0.05, 0.1) is 17.3 Å². The number of hydrogen-bond donors (Lipinski definition) is 1. The summed E-state index contributed by atoms with van der Waals surface area (Å²) in [5.41, 5.74) is 7.36. The molecule has 2 heterocycles. The van der Waals surface area contributed by atoms with Gasteiger partial charge < -0.3 is 10.5 Å². The topological polar surface area (TPSA) is 48.1 Å². The monoisotopic (exact) mass is 254 g/mol. The van der Waals surface area contributed by atoms with Gasteiger partial charge in [0.25, 0.3) is 0 Å². The predicted molar refractivity (Wildman–Crippen MR) is 71.4 cm³/mol. The van der Waals surface area contributed by atoms with Crippen LogP contribution in [0.3, 0.4) is 0 Å². The fourth-order valence-electron chi connectivity index (χ4n) is 2.08. The Labute approximate surface area is 107 Å². The summed E-state index contributed by atoms with van der Waals surface area (Å²) in [5.74, 6) is 0. The molecule has 96 valence electrons. The van der Waals surface area contributed by atoms with Gasteiger partial charge in [-0.15, -0.1) is 11.3 Å². The number of thiazole rings is 1. The minimum absolute atomic E-state index is 0.132. The van der Waals surface area contributed by atoms with Gasteiger partial charge in [-0.3, -0.25) is 0 Å². The van der Waals surface area contributed by atoms with E-state index in [2.05, 4.69) is 26.2 Å². The summed E-state index contributed by atoms with van der Waals surface area (Å²) in [6, 6.07) is 0. The lowest BCUT2D eigenvalue weighted by molar-refractivity contribution is 0.154. The average Bonchev–Trinajstić information content (AvgIpc) is 2.87. The Morgan fingerprint density at radius 1 is 1.53 bits per heavy atom. The van der Waals surface area contributed by atoms with E-state index in [0.29, 0.717) is 6.54 Å². The zero-order chi connectivity index (χ0) is 12.5. The van der Waals surface area contributed by atoms with Gasteiger partial charge in [-0.05, 0) is 6.42 Å². The SMILES string of the molecule is CC(C)(C)c1csc(CC2(CN)CCOC2)n1. The van der Waals surface area contributed by atoms with Gasteiger partial charge in [0.1, 0.15) is 0 Å². The minimum Gasteiger partial charge on any atom is -0.381 e. The van der Waals surface area contributed by atoms with Crippen LogP contribution >= 0.6 is 11.3 Å². The van der Waals surface area contributed by atoms with Crippen LogP contribution in [-0.4, -0.2) is 24.7 Å². The second-order valence-corrected chi connectivity index (χ2v) is 7.00. The molecule has 1 atom stereocenters. The van der Waals surface area contributed by atoms with Crippen LogP contribution in [0.1, 0.15) is 37.9 Å². The maximum atomic E-state index is 5.91. The molecular weight excluding hydrogens is 232 g/mol. The third kappa shape index (κ3) is 2.87. The number of ether oxygens (including phenoxy) is 1. The van der Waals surface area contributed by atoms with Gasteiger partial charge in [-0.25, -0.2) is 4.98 Å². The summed E-state index contributed by atoms with van der Waals surface area (Å²) in [7, 11) is 0. The van der Waals surface area contributed by atoms with E-state index in [1.54, 1.807) is 11.3 Å². The van der Waals surface area contributed by atoms with Crippen molar-refractivity contribution in [1.82, 2.24) is 4.98 Å². The highest BCUT2D eigenvalue weighted by Gasteiger charge is 2.35. The maximum Gasteiger partial charge on any atom is 0.0935 e. The number of aromatic nitrogens is 1. The van der Waals surface area contributed by atoms with Crippen molar-refractivity contribution < 1.29 is 4.74 Å². The molecule has 2 N–H and O–H groups in total. The molecule has 1 fully saturated rings. The summed E-state index contributed by atoms with van der Waals surface area (Å²) in [6.45, 7) is 8.91. The molecule has 1 aliphatic heterocycles. The van der Waals surface area contributed by atoms with Crippen molar-refractivity contribution in [3.63, 3.8) is 0 Å². The van der Waals surface area contributed by atoms with Crippen molar-refractivity contribution in [2.75, 3.05) is 19.8 Å². The third-order valence-electron chi connectivity index (χ3n) is 3.46. The normalized spacial score (nSPS) is 25.4. The molecule has 0 radical (unpaired) electrons. The van der Waals surface area contributed by atoms with E-state index in [9.17, 15) is 0 Å². The van der Waals surface area contributed by atoms with E-state index in [4.69, 9.17) is 15.5 Å². The Kier molecular flexibility index (Phi) is 3.57. The fourth-order valence-corrected chi connectivity index (χ4v) is 3.27. The van der Waals surface area contributed by atoms with Crippen LogP contribution in [0.2, 0.25) is 0 Å². The largest absolute Gasteiger partial charge is 0.381 e. The zero-order valence-corrected chi connectivity index (χ0v) is 11.8. The van der Waals surface area contributed by atoms with E-state index >= 15 is 0 Å². The first-order valence-corrected chi connectivity index (χ1v) is 7.06. The molecule has 0 bridgehead atoms. The quantitative estimate of drug-likeness (QED) is 0.900. The first-order chi connectivity index (χ1) is 7.95. The first-order valence-electron chi connectivity index (χ1n) is 6.18. The van der Waals surface area contributed by atoms with Gasteiger partial charge in [0.15, 0.2) is 0 Å². The van der Waals surface area contributed by atoms with Gasteiger partial charge in [-0.1, -0.05) is 20.8 Å². The van der Waals surface area contributed by atoms with Crippen molar-refractivity contribution in [1.29, 1.82) is 0 Å². The zero-order valence-electron chi connectivity index (χ0n) is 11.0. The molecule has 1 aromatic heterocycles. The van der Waals surface area contributed by atoms with Crippen LogP contribution in [-0.2, 0) is 16.6 Å². The highest BCUT2D eigenvalue weighted by Crippen LogP contribution is 2.33. The van der Waals surface area contributed by atoms with E-state index in [1.807, 2.05) is 0 Å². The molecule has 17 heavy (non-hydrogen) atoms. The van der Waals surface area contributed by atoms with Gasteiger partial charge in [-0.2, -0.15) is 0 Å². The molecule has 3 nitrogen and oxygen atoms in total. The molecule has 1 aromatic rings. The smallest absolute Gasteiger partial charge is 0.0935 e.